The molecule has 1 unspecified atom stereocenters. The average molecular weight is 467 g/mol. The Hall–Kier alpha value is -2.44. The highest BCUT2D eigenvalue weighted by Gasteiger charge is 2.41. The molecular weight excluding hydrogens is 431 g/mol. The molecule has 2 N–H and O–H groups in total. The maximum atomic E-state index is 13.3. The number of carbonyl (C=O) groups excluding carboxylic acids is 1. The number of carbonyl (C=O) groups is 1. The summed E-state index contributed by atoms with van der Waals surface area (Å²) in [7, 11) is -1.76. The van der Waals surface area contributed by atoms with Gasteiger partial charge >= 0.3 is 0 Å². The zero-order valence-electron chi connectivity index (χ0n) is 20.2. The molecule has 0 saturated carbocycles. The second-order valence-electron chi connectivity index (χ2n) is 9.79. The number of para-hydroxylation sites is 1. The number of amides is 1. The van der Waals surface area contributed by atoms with Crippen molar-refractivity contribution < 1.29 is 13.9 Å². The Morgan fingerprint density at radius 1 is 1.18 bits per heavy atom. The minimum atomic E-state index is -1.76. The quantitative estimate of drug-likeness (QED) is 0.450. The number of hydrogen-bond acceptors (Lipinski definition) is 2. The molecule has 0 fully saturated rings. The Bertz CT molecular complexity index is 1140. The maximum Gasteiger partial charge on any atom is 0.223 e. The van der Waals surface area contributed by atoms with Crippen molar-refractivity contribution >= 4 is 30.1 Å². The van der Waals surface area contributed by atoms with Crippen molar-refractivity contribution in [3.8, 4) is 0 Å². The lowest BCUT2D eigenvalue weighted by Crippen LogP contribution is -2.45. The van der Waals surface area contributed by atoms with Gasteiger partial charge in [-0.1, -0.05) is 62.5 Å². The number of hydrogen-bond donors (Lipinski definition) is 2. The van der Waals surface area contributed by atoms with Gasteiger partial charge in [0.1, 0.15) is 11.4 Å². The lowest BCUT2D eigenvalue weighted by molar-refractivity contribution is -0.132. The highest BCUT2D eigenvalue weighted by molar-refractivity contribution is 6.89. The van der Waals surface area contributed by atoms with Crippen molar-refractivity contribution in [2.24, 2.45) is 0 Å². The number of ether oxygens (including phenoxy) is 1. The molecule has 1 amide bonds. The molecule has 1 aliphatic rings. The van der Waals surface area contributed by atoms with Crippen molar-refractivity contribution in [1.29, 1.82) is 0 Å². The molecule has 0 radical (unpaired) electrons. The summed E-state index contributed by atoms with van der Waals surface area (Å²) in [5.41, 5.74) is 4.23. The summed E-state index contributed by atoms with van der Waals surface area (Å²) in [4.78, 5) is 16.7. The van der Waals surface area contributed by atoms with Crippen molar-refractivity contribution in [1.82, 2.24) is 10.3 Å². The summed E-state index contributed by atoms with van der Waals surface area (Å²) in [6.07, 6.45) is 2.87. The molecule has 4 rings (SSSR count). The predicted octanol–water partition coefficient (Wildman–Crippen LogP) is 5.17. The van der Waals surface area contributed by atoms with E-state index in [0.717, 1.165) is 31.0 Å². The van der Waals surface area contributed by atoms with E-state index in [4.69, 9.17) is 4.74 Å². The fraction of sp³-hybridized carbons (Fsp3) is 0.444. The number of fused-ring (bicyclic) bond motifs is 3. The van der Waals surface area contributed by atoms with Crippen LogP contribution in [0.15, 0.2) is 42.5 Å². The third-order valence-corrected chi connectivity index (χ3v) is 10.7. The largest absolute Gasteiger partial charge is 0.368 e. The second-order valence-corrected chi connectivity index (χ2v) is 14.6. The first kappa shape index (κ1) is 23.7. The molecule has 0 aliphatic carbocycles. The van der Waals surface area contributed by atoms with E-state index in [2.05, 4.69) is 55.4 Å². The summed E-state index contributed by atoms with van der Waals surface area (Å²) in [5.74, 6) is -0.195. The molecule has 33 heavy (non-hydrogen) atoms. The van der Waals surface area contributed by atoms with Crippen LogP contribution in [0.2, 0.25) is 19.1 Å². The third kappa shape index (κ3) is 4.64. The van der Waals surface area contributed by atoms with Gasteiger partial charge in [-0.3, -0.25) is 4.79 Å². The lowest BCUT2D eigenvalue weighted by atomic mass is 9.86. The lowest BCUT2D eigenvalue weighted by Gasteiger charge is -2.36. The predicted molar refractivity (Wildman–Crippen MR) is 135 cm³/mol. The first-order valence-electron chi connectivity index (χ1n) is 12.1. The topological polar surface area (TPSA) is 54.1 Å². The molecule has 1 aromatic heterocycles. The van der Waals surface area contributed by atoms with Crippen LogP contribution in [0, 0.1) is 5.82 Å². The van der Waals surface area contributed by atoms with E-state index >= 15 is 0 Å². The number of nitrogens with one attached hydrogen (secondary N) is 2. The van der Waals surface area contributed by atoms with Gasteiger partial charge in [-0.15, -0.1) is 0 Å². The first-order chi connectivity index (χ1) is 15.8. The molecule has 2 aromatic carbocycles. The molecule has 176 valence electrons. The first-order valence-corrected chi connectivity index (χ1v) is 15.3. The molecule has 0 bridgehead atoms. The van der Waals surface area contributed by atoms with Gasteiger partial charge in [0.25, 0.3) is 0 Å². The Morgan fingerprint density at radius 2 is 1.94 bits per heavy atom. The van der Waals surface area contributed by atoms with Crippen LogP contribution >= 0.6 is 0 Å². The standard InChI is InChI=1S/C27H35FN2O2Si/c1-5-19-8-7-9-22-23-14-16-32-27(6-2,26(23)30-25(19)22)18-24(31)29-15-17-33(3,4)21-12-10-20(28)11-13-21/h7-13,30H,5-6,14-18H2,1-4H3,(H,29,31). The number of aromatic amines is 1. The smallest absolute Gasteiger partial charge is 0.223 e. The summed E-state index contributed by atoms with van der Waals surface area (Å²) < 4.78 is 19.6. The fourth-order valence-corrected chi connectivity index (χ4v) is 7.23. The molecule has 0 spiro atoms. The van der Waals surface area contributed by atoms with Crippen LogP contribution in [-0.2, 0) is 28.0 Å². The maximum absolute atomic E-state index is 13.3. The summed E-state index contributed by atoms with van der Waals surface area (Å²) in [5, 5.41) is 5.61. The molecule has 1 aliphatic heterocycles. The van der Waals surface area contributed by atoms with Crippen LogP contribution in [0.1, 0.15) is 43.5 Å². The van der Waals surface area contributed by atoms with Crippen LogP contribution in [0.3, 0.4) is 0 Å². The highest BCUT2D eigenvalue weighted by Crippen LogP contribution is 2.42. The SMILES string of the molecule is CCc1cccc2c3c([nH]c12)C(CC)(CC(=O)NCC[Si](C)(C)c1ccc(F)cc1)OCC3. The summed E-state index contributed by atoms with van der Waals surface area (Å²) in [6.45, 7) is 10.0. The van der Waals surface area contributed by atoms with Crippen molar-refractivity contribution in [3.63, 3.8) is 0 Å². The number of aryl methyl sites for hydroxylation is 1. The van der Waals surface area contributed by atoms with Gasteiger partial charge in [0, 0.05) is 17.4 Å². The van der Waals surface area contributed by atoms with E-state index < -0.39 is 13.7 Å². The molecule has 1 atom stereocenters. The Balaban J connectivity index is 1.48. The van der Waals surface area contributed by atoms with E-state index in [1.165, 1.54) is 39.3 Å². The number of aromatic nitrogens is 1. The number of H-pyrrole nitrogens is 1. The van der Waals surface area contributed by atoms with Gasteiger partial charge in [-0.05, 0) is 48.6 Å². The van der Waals surface area contributed by atoms with Crippen LogP contribution < -0.4 is 10.5 Å². The summed E-state index contributed by atoms with van der Waals surface area (Å²) in [6, 6.07) is 14.2. The Kier molecular flexibility index (Phi) is 6.77. The monoisotopic (exact) mass is 466 g/mol. The number of halogens is 1. The van der Waals surface area contributed by atoms with Crippen LogP contribution in [0.5, 0.6) is 0 Å². The number of rotatable bonds is 8. The third-order valence-electron chi connectivity index (χ3n) is 7.31. The van der Waals surface area contributed by atoms with Gasteiger partial charge < -0.3 is 15.0 Å². The molecule has 3 aromatic rings. The van der Waals surface area contributed by atoms with Gasteiger partial charge in [-0.2, -0.15) is 0 Å². The van der Waals surface area contributed by atoms with E-state index in [1.54, 1.807) is 0 Å². The fourth-order valence-electron chi connectivity index (χ4n) is 5.12. The van der Waals surface area contributed by atoms with Gasteiger partial charge in [0.05, 0.1) is 26.8 Å². The van der Waals surface area contributed by atoms with Crippen LogP contribution in [0.25, 0.3) is 10.9 Å². The van der Waals surface area contributed by atoms with Crippen molar-refractivity contribution in [3.05, 3.63) is 65.1 Å². The Morgan fingerprint density at radius 3 is 2.64 bits per heavy atom. The van der Waals surface area contributed by atoms with Gasteiger partial charge in [-0.25, -0.2) is 4.39 Å². The zero-order valence-corrected chi connectivity index (χ0v) is 21.2. The second kappa shape index (κ2) is 9.43. The van der Waals surface area contributed by atoms with Gasteiger partial charge in [0.15, 0.2) is 0 Å². The van der Waals surface area contributed by atoms with Crippen molar-refractivity contribution in [2.45, 2.75) is 64.3 Å². The summed E-state index contributed by atoms with van der Waals surface area (Å²) >= 11 is 0. The number of benzene rings is 2. The highest BCUT2D eigenvalue weighted by atomic mass is 28.3. The zero-order chi connectivity index (χ0) is 23.6. The minimum absolute atomic E-state index is 0.0166. The molecule has 6 heteroatoms. The van der Waals surface area contributed by atoms with Crippen LogP contribution in [-0.4, -0.2) is 32.1 Å². The minimum Gasteiger partial charge on any atom is -0.368 e. The van der Waals surface area contributed by atoms with E-state index in [-0.39, 0.29) is 11.7 Å². The molecule has 2 heterocycles. The van der Waals surface area contributed by atoms with E-state index in [0.29, 0.717) is 19.6 Å². The van der Waals surface area contributed by atoms with E-state index in [9.17, 15) is 9.18 Å². The van der Waals surface area contributed by atoms with Crippen molar-refractivity contribution in [2.75, 3.05) is 13.2 Å². The molecule has 0 saturated heterocycles. The van der Waals surface area contributed by atoms with E-state index in [1.807, 2.05) is 12.1 Å². The van der Waals surface area contributed by atoms with Gasteiger partial charge in [0.2, 0.25) is 5.91 Å². The normalized spacial score (nSPS) is 18.3. The average Bonchev–Trinajstić information content (AvgIpc) is 3.19. The molecular formula is C27H35FN2O2Si. The van der Waals surface area contributed by atoms with Crippen LogP contribution in [0.4, 0.5) is 4.39 Å². The molecule has 4 nitrogen and oxygen atoms in total. The Labute approximate surface area is 196 Å².